The monoisotopic (exact) mass is 151 g/mol. The predicted molar refractivity (Wildman–Crippen MR) is 44.0 cm³/mol. The summed E-state index contributed by atoms with van der Waals surface area (Å²) in [4.78, 5) is 7.91. The minimum atomic E-state index is 0.505. The molecule has 0 fully saturated rings. The molecule has 0 radical (unpaired) electrons. The number of nitrogens with one attached hydrogen (secondary N) is 1. The van der Waals surface area contributed by atoms with E-state index in [9.17, 15) is 0 Å². The van der Waals surface area contributed by atoms with Crippen LogP contribution in [-0.4, -0.2) is 16.0 Å². The maximum atomic E-state index is 4.08. The standard InChI is InChI=1S/C8H13N3/c1-7(2)10-5-8-3-4-9-6-11-8/h3-4,6-7,10H,5H2,1-2H3. The molecule has 1 heterocycles. The number of rotatable bonds is 3. The Balaban J connectivity index is 2.39. The molecule has 60 valence electrons. The van der Waals surface area contributed by atoms with E-state index in [1.165, 1.54) is 0 Å². The summed E-state index contributed by atoms with van der Waals surface area (Å²) in [5.74, 6) is 0. The van der Waals surface area contributed by atoms with Crippen molar-refractivity contribution in [3.63, 3.8) is 0 Å². The molecule has 0 aromatic carbocycles. The van der Waals surface area contributed by atoms with Gasteiger partial charge in [-0.3, -0.25) is 0 Å². The average molecular weight is 151 g/mol. The van der Waals surface area contributed by atoms with Crippen molar-refractivity contribution in [1.29, 1.82) is 0 Å². The van der Waals surface area contributed by atoms with Crippen LogP contribution in [0.25, 0.3) is 0 Å². The van der Waals surface area contributed by atoms with Crippen molar-refractivity contribution in [3.8, 4) is 0 Å². The summed E-state index contributed by atoms with van der Waals surface area (Å²) in [6.45, 7) is 5.04. The molecule has 0 bridgehead atoms. The summed E-state index contributed by atoms with van der Waals surface area (Å²) < 4.78 is 0. The first-order valence-electron chi connectivity index (χ1n) is 3.77. The topological polar surface area (TPSA) is 37.8 Å². The van der Waals surface area contributed by atoms with E-state index >= 15 is 0 Å². The van der Waals surface area contributed by atoms with Gasteiger partial charge in [-0.1, -0.05) is 13.8 Å². The zero-order chi connectivity index (χ0) is 8.10. The minimum absolute atomic E-state index is 0.505. The van der Waals surface area contributed by atoms with Gasteiger partial charge in [-0.2, -0.15) is 0 Å². The first-order chi connectivity index (χ1) is 5.29. The molecule has 1 aromatic rings. The van der Waals surface area contributed by atoms with Gasteiger partial charge in [-0.15, -0.1) is 0 Å². The SMILES string of the molecule is CC(C)NCc1ccncn1. The second-order valence-electron chi connectivity index (χ2n) is 2.74. The van der Waals surface area contributed by atoms with Crippen LogP contribution in [0.4, 0.5) is 0 Å². The lowest BCUT2D eigenvalue weighted by Gasteiger charge is -2.05. The van der Waals surface area contributed by atoms with Crippen molar-refractivity contribution in [2.24, 2.45) is 0 Å². The van der Waals surface area contributed by atoms with Crippen molar-refractivity contribution >= 4 is 0 Å². The molecule has 0 aliphatic rings. The highest BCUT2D eigenvalue weighted by Crippen LogP contribution is 1.90. The smallest absolute Gasteiger partial charge is 0.115 e. The summed E-state index contributed by atoms with van der Waals surface area (Å²) in [6.07, 6.45) is 3.32. The molecule has 1 aromatic heterocycles. The van der Waals surface area contributed by atoms with Gasteiger partial charge in [0.15, 0.2) is 0 Å². The molecule has 0 saturated carbocycles. The van der Waals surface area contributed by atoms with Crippen molar-refractivity contribution in [3.05, 3.63) is 24.3 Å². The van der Waals surface area contributed by atoms with E-state index in [0.717, 1.165) is 12.2 Å². The van der Waals surface area contributed by atoms with Gasteiger partial charge >= 0.3 is 0 Å². The zero-order valence-electron chi connectivity index (χ0n) is 6.91. The summed E-state index contributed by atoms with van der Waals surface area (Å²) in [7, 11) is 0. The molecule has 0 saturated heterocycles. The van der Waals surface area contributed by atoms with Gasteiger partial charge in [0.25, 0.3) is 0 Å². The Morgan fingerprint density at radius 3 is 2.91 bits per heavy atom. The fourth-order valence-corrected chi connectivity index (χ4v) is 0.731. The lowest BCUT2D eigenvalue weighted by molar-refractivity contribution is 0.580. The Morgan fingerprint density at radius 1 is 1.55 bits per heavy atom. The molecule has 0 spiro atoms. The Morgan fingerprint density at radius 2 is 2.36 bits per heavy atom. The fourth-order valence-electron chi connectivity index (χ4n) is 0.731. The van der Waals surface area contributed by atoms with Crippen LogP contribution in [0.15, 0.2) is 18.6 Å². The van der Waals surface area contributed by atoms with E-state index < -0.39 is 0 Å². The quantitative estimate of drug-likeness (QED) is 0.699. The number of aromatic nitrogens is 2. The van der Waals surface area contributed by atoms with Crippen molar-refractivity contribution in [1.82, 2.24) is 15.3 Å². The van der Waals surface area contributed by atoms with E-state index in [1.54, 1.807) is 12.5 Å². The largest absolute Gasteiger partial charge is 0.309 e. The number of nitrogens with zero attached hydrogens (tertiary/aromatic N) is 2. The maximum Gasteiger partial charge on any atom is 0.115 e. The fraction of sp³-hybridized carbons (Fsp3) is 0.500. The lowest BCUT2D eigenvalue weighted by atomic mass is 10.3. The van der Waals surface area contributed by atoms with E-state index in [0.29, 0.717) is 6.04 Å². The van der Waals surface area contributed by atoms with Gasteiger partial charge < -0.3 is 5.32 Å². The van der Waals surface area contributed by atoms with Crippen LogP contribution in [0, 0.1) is 0 Å². The van der Waals surface area contributed by atoms with Crippen molar-refractivity contribution in [2.75, 3.05) is 0 Å². The van der Waals surface area contributed by atoms with Crippen molar-refractivity contribution < 1.29 is 0 Å². The first kappa shape index (κ1) is 8.14. The van der Waals surface area contributed by atoms with Crippen LogP contribution in [-0.2, 0) is 6.54 Å². The zero-order valence-corrected chi connectivity index (χ0v) is 6.91. The Bertz CT molecular complexity index is 196. The van der Waals surface area contributed by atoms with Crippen LogP contribution in [0.3, 0.4) is 0 Å². The lowest BCUT2D eigenvalue weighted by Crippen LogP contribution is -2.22. The van der Waals surface area contributed by atoms with Gasteiger partial charge in [0, 0.05) is 18.8 Å². The highest BCUT2D eigenvalue weighted by atomic mass is 14.9. The van der Waals surface area contributed by atoms with Crippen LogP contribution in [0.2, 0.25) is 0 Å². The summed E-state index contributed by atoms with van der Waals surface area (Å²) in [5.41, 5.74) is 1.04. The van der Waals surface area contributed by atoms with E-state index in [2.05, 4.69) is 29.1 Å². The molecule has 3 nitrogen and oxygen atoms in total. The van der Waals surface area contributed by atoms with Crippen LogP contribution >= 0.6 is 0 Å². The second-order valence-corrected chi connectivity index (χ2v) is 2.74. The molecule has 0 unspecified atom stereocenters. The molecule has 11 heavy (non-hydrogen) atoms. The van der Waals surface area contributed by atoms with Gasteiger partial charge in [-0.05, 0) is 6.07 Å². The molecule has 0 atom stereocenters. The van der Waals surface area contributed by atoms with E-state index in [4.69, 9.17) is 0 Å². The average Bonchev–Trinajstić information content (AvgIpc) is 2.03. The molecular formula is C8H13N3. The molecule has 0 aliphatic heterocycles. The van der Waals surface area contributed by atoms with Gasteiger partial charge in [0.05, 0.1) is 5.69 Å². The van der Waals surface area contributed by atoms with Crippen LogP contribution in [0.1, 0.15) is 19.5 Å². The van der Waals surface area contributed by atoms with Crippen LogP contribution in [0.5, 0.6) is 0 Å². The normalized spacial score (nSPS) is 10.5. The van der Waals surface area contributed by atoms with Gasteiger partial charge in [0.1, 0.15) is 6.33 Å². The molecule has 3 heteroatoms. The third kappa shape index (κ3) is 3.09. The molecule has 0 aliphatic carbocycles. The highest BCUT2D eigenvalue weighted by molar-refractivity contribution is 4.96. The van der Waals surface area contributed by atoms with Crippen LogP contribution < -0.4 is 5.32 Å². The van der Waals surface area contributed by atoms with E-state index in [1.807, 2.05) is 6.07 Å². The summed E-state index contributed by atoms with van der Waals surface area (Å²) >= 11 is 0. The Hall–Kier alpha value is -0.960. The molecular weight excluding hydrogens is 138 g/mol. The summed E-state index contributed by atoms with van der Waals surface area (Å²) in [5, 5.41) is 3.27. The van der Waals surface area contributed by atoms with Gasteiger partial charge in [0.2, 0.25) is 0 Å². The first-order valence-corrected chi connectivity index (χ1v) is 3.77. The van der Waals surface area contributed by atoms with E-state index in [-0.39, 0.29) is 0 Å². The highest BCUT2D eigenvalue weighted by Gasteiger charge is 1.93. The van der Waals surface area contributed by atoms with Crippen molar-refractivity contribution in [2.45, 2.75) is 26.4 Å². The number of hydrogen-bond acceptors (Lipinski definition) is 3. The third-order valence-electron chi connectivity index (χ3n) is 1.33. The predicted octanol–water partition coefficient (Wildman–Crippen LogP) is 0.975. The Labute approximate surface area is 66.9 Å². The molecule has 1 rings (SSSR count). The maximum absolute atomic E-state index is 4.08. The molecule has 0 amide bonds. The second kappa shape index (κ2) is 4.03. The van der Waals surface area contributed by atoms with Gasteiger partial charge in [-0.25, -0.2) is 9.97 Å². The minimum Gasteiger partial charge on any atom is -0.309 e. The molecule has 1 N–H and O–H groups in total. The Kier molecular flexibility index (Phi) is 2.98. The third-order valence-corrected chi connectivity index (χ3v) is 1.33. The summed E-state index contributed by atoms with van der Waals surface area (Å²) in [6, 6.07) is 2.42. The number of hydrogen-bond donors (Lipinski definition) is 1.